The Hall–Kier alpha value is -4.17. The van der Waals surface area contributed by atoms with Gasteiger partial charge in [0.2, 0.25) is 0 Å². The highest BCUT2D eigenvalue weighted by Crippen LogP contribution is 2.51. The summed E-state index contributed by atoms with van der Waals surface area (Å²) in [6.07, 6.45) is 0. The van der Waals surface area contributed by atoms with E-state index in [9.17, 15) is 17.8 Å². The molecule has 0 unspecified atom stereocenters. The molecule has 0 bridgehead atoms. The Bertz CT molecular complexity index is 2100. The third-order valence-electron chi connectivity index (χ3n) is 9.18. The van der Waals surface area contributed by atoms with E-state index in [0.717, 1.165) is 36.9 Å². The van der Waals surface area contributed by atoms with Gasteiger partial charge in [0.25, 0.3) is 0 Å². The van der Waals surface area contributed by atoms with Gasteiger partial charge >= 0.3 is 5.97 Å². The van der Waals surface area contributed by atoms with Gasteiger partial charge in [0.1, 0.15) is 26.8 Å². The van der Waals surface area contributed by atoms with Crippen LogP contribution >= 0.6 is 0 Å². The Balaban J connectivity index is 1.98. The molecule has 0 saturated heterocycles. The van der Waals surface area contributed by atoms with Gasteiger partial charge in [-0.05, 0) is 122 Å². The van der Waals surface area contributed by atoms with Crippen LogP contribution in [-0.4, -0.2) is 18.9 Å². The van der Waals surface area contributed by atoms with Crippen LogP contribution in [-0.2, 0) is 21.0 Å². The molecule has 0 aliphatic heterocycles. The smallest absolute Gasteiger partial charge is 0.343 e. The maximum Gasteiger partial charge on any atom is 0.343 e. The lowest BCUT2D eigenvalue weighted by atomic mass is 9.80. The highest BCUT2D eigenvalue weighted by atomic mass is 32.2. The molecule has 0 radical (unpaired) electrons. The van der Waals surface area contributed by atoms with Crippen LogP contribution in [0.5, 0.6) is 5.75 Å². The Morgan fingerprint density at radius 3 is 1.51 bits per heavy atom. The molecule has 5 rings (SSSR count). The number of rotatable bonds is 10. The van der Waals surface area contributed by atoms with Gasteiger partial charge in [-0.1, -0.05) is 95.1 Å². The van der Waals surface area contributed by atoms with Gasteiger partial charge in [0, 0.05) is 5.56 Å². The molecule has 266 valence electrons. The minimum absolute atomic E-state index is 0.00347. The summed E-state index contributed by atoms with van der Waals surface area (Å²) in [6.45, 7) is 20.2. The first-order chi connectivity index (χ1) is 24.0. The van der Waals surface area contributed by atoms with E-state index in [-0.39, 0.29) is 22.6 Å². The Morgan fingerprint density at radius 2 is 1.10 bits per heavy atom. The standard InChI is InChI=1S/C44H48O5S2/c1-26(2)37-38(27(3)4)42(50(35-20-16-29(7)17-21-35)36-22-18-30(8)19-23-36)40(43(51(46,47)48)39(37)28(5)6)34-24-31(9)41(32(10)25-34)49-44(45)33-14-12-11-13-15-33/h11-28H,1-10H3. The fraction of sp³-hybridized carbons (Fsp3) is 0.295. The molecule has 0 aliphatic rings. The van der Waals surface area contributed by atoms with E-state index in [2.05, 4.69) is 76.2 Å². The van der Waals surface area contributed by atoms with Crippen LogP contribution in [0.1, 0.15) is 109 Å². The number of aryl methyl sites for hydroxylation is 4. The van der Waals surface area contributed by atoms with Crippen LogP contribution in [0.25, 0.3) is 11.1 Å². The van der Waals surface area contributed by atoms with E-state index >= 15 is 0 Å². The van der Waals surface area contributed by atoms with Crippen molar-refractivity contribution in [3.63, 3.8) is 0 Å². The van der Waals surface area contributed by atoms with Gasteiger partial charge in [-0.3, -0.25) is 0 Å². The highest BCUT2D eigenvalue weighted by molar-refractivity contribution is 7.97. The monoisotopic (exact) mass is 720 g/mol. The van der Waals surface area contributed by atoms with Crippen molar-refractivity contribution in [2.45, 2.75) is 107 Å². The Kier molecular flexibility index (Phi) is 11.4. The summed E-state index contributed by atoms with van der Waals surface area (Å²) >= 11 is 0. The molecule has 0 N–H and O–H groups in total. The molecule has 0 spiro atoms. The minimum atomic E-state index is -5.01. The van der Waals surface area contributed by atoms with Gasteiger partial charge in [0.15, 0.2) is 14.7 Å². The summed E-state index contributed by atoms with van der Waals surface area (Å²) in [4.78, 5) is 15.9. The molecule has 0 heterocycles. The van der Waals surface area contributed by atoms with Crippen molar-refractivity contribution in [3.05, 3.63) is 136 Å². The van der Waals surface area contributed by atoms with Crippen LogP contribution in [0.3, 0.4) is 0 Å². The second-order valence-corrected chi connectivity index (χ2v) is 17.6. The van der Waals surface area contributed by atoms with Crippen molar-refractivity contribution in [2.75, 3.05) is 0 Å². The summed E-state index contributed by atoms with van der Waals surface area (Å²) in [7, 11) is -5.82. The number of hydrogen-bond donors (Lipinski definition) is 0. The molecule has 7 heteroatoms. The lowest BCUT2D eigenvalue weighted by molar-refractivity contribution is 0.0732. The van der Waals surface area contributed by atoms with Crippen LogP contribution in [0.15, 0.2) is 111 Å². The summed E-state index contributed by atoms with van der Waals surface area (Å²) in [6, 6.07) is 29.3. The van der Waals surface area contributed by atoms with Crippen molar-refractivity contribution in [1.29, 1.82) is 0 Å². The lowest BCUT2D eigenvalue weighted by Crippen LogP contribution is -2.21. The van der Waals surface area contributed by atoms with E-state index in [1.165, 1.54) is 0 Å². The zero-order valence-electron chi connectivity index (χ0n) is 31.3. The van der Waals surface area contributed by atoms with Crippen LogP contribution in [0.2, 0.25) is 0 Å². The number of hydrogen-bond acceptors (Lipinski definition) is 5. The summed E-state index contributed by atoms with van der Waals surface area (Å²) in [5.74, 6) is -0.387. The number of ether oxygens (including phenoxy) is 1. The van der Waals surface area contributed by atoms with Gasteiger partial charge in [-0.25, -0.2) is 13.2 Å². The first kappa shape index (κ1) is 38.1. The average Bonchev–Trinajstić information content (AvgIpc) is 3.06. The molecular formula is C44H48O5S2. The molecule has 0 aliphatic carbocycles. The van der Waals surface area contributed by atoms with Crippen molar-refractivity contribution in [3.8, 4) is 16.9 Å². The van der Waals surface area contributed by atoms with Crippen LogP contribution in [0.4, 0.5) is 0 Å². The SMILES string of the molecule is Cc1ccc([S+](c2ccc(C)cc2)c2c(-c3cc(C)c(OC(=O)c4ccccc4)c(C)c3)c(S(=O)(=O)[O-])c(C(C)C)c(C(C)C)c2C(C)C)cc1. The van der Waals surface area contributed by atoms with Crippen molar-refractivity contribution < 1.29 is 22.5 Å². The normalized spacial score (nSPS) is 12.0. The molecule has 51 heavy (non-hydrogen) atoms. The molecule has 5 aromatic rings. The second kappa shape index (κ2) is 15.2. The molecular weight excluding hydrogens is 673 g/mol. The Labute approximate surface area is 307 Å². The maximum absolute atomic E-state index is 13.9. The van der Waals surface area contributed by atoms with Gasteiger partial charge in [0.05, 0.1) is 16.0 Å². The van der Waals surface area contributed by atoms with Crippen molar-refractivity contribution in [2.24, 2.45) is 0 Å². The Morgan fingerprint density at radius 1 is 0.647 bits per heavy atom. The molecule has 0 atom stereocenters. The molecule has 0 saturated carbocycles. The van der Waals surface area contributed by atoms with E-state index in [1.54, 1.807) is 24.3 Å². The van der Waals surface area contributed by atoms with E-state index in [1.807, 2.05) is 59.7 Å². The number of esters is 1. The quantitative estimate of drug-likeness (QED) is 0.0621. The number of carbonyl (C=O) groups excluding carboxylic acids is 1. The van der Waals surface area contributed by atoms with Crippen molar-refractivity contribution in [1.82, 2.24) is 0 Å². The fourth-order valence-electron chi connectivity index (χ4n) is 6.97. The first-order valence-electron chi connectivity index (χ1n) is 17.5. The zero-order chi connectivity index (χ0) is 37.4. The summed E-state index contributed by atoms with van der Waals surface area (Å²) < 4.78 is 47.5. The van der Waals surface area contributed by atoms with E-state index < -0.39 is 27.0 Å². The zero-order valence-corrected chi connectivity index (χ0v) is 32.9. The van der Waals surface area contributed by atoms with E-state index in [0.29, 0.717) is 39.1 Å². The van der Waals surface area contributed by atoms with Gasteiger partial charge in [-0.2, -0.15) is 0 Å². The third-order valence-corrected chi connectivity index (χ3v) is 12.4. The first-order valence-corrected chi connectivity index (χ1v) is 20.1. The topological polar surface area (TPSA) is 83.5 Å². The maximum atomic E-state index is 13.9. The minimum Gasteiger partial charge on any atom is -0.744 e. The predicted octanol–water partition coefficient (Wildman–Crippen LogP) is 11.2. The molecule has 0 amide bonds. The average molecular weight is 721 g/mol. The number of benzene rings is 5. The second-order valence-electron chi connectivity index (χ2n) is 14.3. The highest BCUT2D eigenvalue weighted by Gasteiger charge is 2.42. The predicted molar refractivity (Wildman–Crippen MR) is 208 cm³/mol. The van der Waals surface area contributed by atoms with Gasteiger partial charge < -0.3 is 9.29 Å². The molecule has 5 aromatic carbocycles. The molecule has 0 aromatic heterocycles. The molecule has 0 fully saturated rings. The largest absolute Gasteiger partial charge is 0.744 e. The van der Waals surface area contributed by atoms with Gasteiger partial charge in [-0.15, -0.1) is 0 Å². The lowest BCUT2D eigenvalue weighted by Gasteiger charge is -2.31. The summed E-state index contributed by atoms with van der Waals surface area (Å²) in [5, 5.41) is 0. The van der Waals surface area contributed by atoms with Crippen LogP contribution < -0.4 is 4.74 Å². The third kappa shape index (κ3) is 7.86. The van der Waals surface area contributed by atoms with E-state index in [4.69, 9.17) is 4.74 Å². The van der Waals surface area contributed by atoms with Crippen molar-refractivity contribution >= 4 is 27.0 Å². The molecule has 5 nitrogen and oxygen atoms in total. The summed E-state index contributed by atoms with van der Waals surface area (Å²) in [5.41, 5.74) is 7.57. The van der Waals surface area contributed by atoms with Crippen LogP contribution in [0, 0.1) is 27.7 Å². The fourth-order valence-corrected chi connectivity index (χ4v) is 10.7. The number of carbonyl (C=O) groups is 1.